The Hall–Kier alpha value is -3.02. The zero-order chi connectivity index (χ0) is 22.5. The van der Waals surface area contributed by atoms with E-state index in [1.54, 1.807) is 12.0 Å². The average Bonchev–Trinajstić information content (AvgIpc) is 2.80. The SMILES string of the molecule is CCNC(=O)[C@H](CC)N(CCc1ccccc1)C(=O)CCCOc1ccc(OC)cc1. The second-order valence-corrected chi connectivity index (χ2v) is 7.27. The van der Waals surface area contributed by atoms with Crippen LogP contribution in [0.2, 0.25) is 0 Å². The lowest BCUT2D eigenvalue weighted by atomic mass is 10.1. The van der Waals surface area contributed by atoms with Gasteiger partial charge in [-0.2, -0.15) is 0 Å². The average molecular weight is 427 g/mol. The van der Waals surface area contributed by atoms with Crippen molar-refractivity contribution in [2.75, 3.05) is 26.8 Å². The quantitative estimate of drug-likeness (QED) is 0.494. The Morgan fingerprint density at radius 3 is 2.29 bits per heavy atom. The standard InChI is InChI=1S/C25H34N2O4/c1-4-23(25(29)26-5-2)27(18-17-20-10-7-6-8-11-20)24(28)12-9-19-31-22-15-13-21(30-3)14-16-22/h6-8,10-11,13-16,23H,4-5,9,12,17-19H2,1-3H3,(H,26,29)/t23-/m0/s1. The molecule has 2 aromatic carbocycles. The van der Waals surface area contributed by atoms with Crippen LogP contribution < -0.4 is 14.8 Å². The van der Waals surface area contributed by atoms with Crippen molar-refractivity contribution >= 4 is 11.8 Å². The fourth-order valence-electron chi connectivity index (χ4n) is 3.42. The molecule has 0 heterocycles. The van der Waals surface area contributed by atoms with Gasteiger partial charge < -0.3 is 19.7 Å². The third-order valence-corrected chi connectivity index (χ3v) is 5.08. The summed E-state index contributed by atoms with van der Waals surface area (Å²) in [6.07, 6.45) is 2.21. The van der Waals surface area contributed by atoms with E-state index >= 15 is 0 Å². The first-order valence-electron chi connectivity index (χ1n) is 11.0. The molecule has 0 bridgehead atoms. The molecule has 0 aliphatic rings. The van der Waals surface area contributed by atoms with Gasteiger partial charge in [0, 0.05) is 19.5 Å². The van der Waals surface area contributed by atoms with Gasteiger partial charge in [0.05, 0.1) is 13.7 Å². The van der Waals surface area contributed by atoms with E-state index in [1.165, 1.54) is 0 Å². The number of nitrogens with one attached hydrogen (secondary N) is 1. The number of ether oxygens (including phenoxy) is 2. The molecule has 6 heteroatoms. The number of amides is 2. The van der Waals surface area contributed by atoms with Gasteiger partial charge in [-0.3, -0.25) is 9.59 Å². The molecular weight excluding hydrogens is 392 g/mol. The molecule has 6 nitrogen and oxygen atoms in total. The number of nitrogens with zero attached hydrogens (tertiary/aromatic N) is 1. The van der Waals surface area contributed by atoms with Gasteiger partial charge in [0.15, 0.2) is 0 Å². The molecule has 2 amide bonds. The fourth-order valence-corrected chi connectivity index (χ4v) is 3.42. The summed E-state index contributed by atoms with van der Waals surface area (Å²) >= 11 is 0. The van der Waals surface area contributed by atoms with Crippen molar-refractivity contribution in [1.82, 2.24) is 10.2 Å². The van der Waals surface area contributed by atoms with Crippen LogP contribution in [0.5, 0.6) is 11.5 Å². The summed E-state index contributed by atoms with van der Waals surface area (Å²) in [5.41, 5.74) is 1.15. The molecule has 0 saturated heterocycles. The van der Waals surface area contributed by atoms with E-state index in [0.29, 0.717) is 45.4 Å². The number of rotatable bonds is 13. The molecule has 0 spiro atoms. The van der Waals surface area contributed by atoms with Crippen LogP contribution in [-0.4, -0.2) is 49.6 Å². The van der Waals surface area contributed by atoms with E-state index in [0.717, 1.165) is 17.1 Å². The molecule has 0 fully saturated rings. The van der Waals surface area contributed by atoms with Crippen molar-refractivity contribution in [1.29, 1.82) is 0 Å². The van der Waals surface area contributed by atoms with Crippen LogP contribution in [0.25, 0.3) is 0 Å². The van der Waals surface area contributed by atoms with Crippen LogP contribution in [0.4, 0.5) is 0 Å². The van der Waals surface area contributed by atoms with Crippen LogP contribution in [-0.2, 0) is 16.0 Å². The summed E-state index contributed by atoms with van der Waals surface area (Å²) < 4.78 is 10.9. The maximum Gasteiger partial charge on any atom is 0.242 e. The number of benzene rings is 2. The first-order valence-corrected chi connectivity index (χ1v) is 11.0. The van der Waals surface area contributed by atoms with Crippen molar-refractivity contribution in [2.45, 2.75) is 45.6 Å². The van der Waals surface area contributed by atoms with Gasteiger partial charge in [-0.15, -0.1) is 0 Å². The molecule has 0 aliphatic carbocycles. The van der Waals surface area contributed by atoms with Crippen LogP contribution in [0.15, 0.2) is 54.6 Å². The lowest BCUT2D eigenvalue weighted by Crippen LogP contribution is -2.50. The molecule has 0 aliphatic heterocycles. The van der Waals surface area contributed by atoms with Crippen molar-refractivity contribution in [3.8, 4) is 11.5 Å². The molecule has 1 atom stereocenters. The number of carbonyl (C=O) groups is 2. The van der Waals surface area contributed by atoms with Gasteiger partial charge in [0.25, 0.3) is 0 Å². The highest BCUT2D eigenvalue weighted by Gasteiger charge is 2.27. The van der Waals surface area contributed by atoms with Crippen LogP contribution in [0.3, 0.4) is 0 Å². The zero-order valence-corrected chi connectivity index (χ0v) is 18.8. The van der Waals surface area contributed by atoms with Gasteiger partial charge >= 0.3 is 0 Å². The van der Waals surface area contributed by atoms with Crippen LogP contribution >= 0.6 is 0 Å². The minimum atomic E-state index is -0.460. The first-order chi connectivity index (χ1) is 15.1. The Morgan fingerprint density at radius 2 is 1.68 bits per heavy atom. The lowest BCUT2D eigenvalue weighted by Gasteiger charge is -2.30. The van der Waals surface area contributed by atoms with E-state index in [1.807, 2.05) is 68.4 Å². The Kier molecular flexibility index (Phi) is 10.4. The van der Waals surface area contributed by atoms with Gasteiger partial charge in [0.2, 0.25) is 11.8 Å². The summed E-state index contributed by atoms with van der Waals surface area (Å²) in [6.45, 7) is 5.32. The summed E-state index contributed by atoms with van der Waals surface area (Å²) in [5.74, 6) is 1.39. The molecule has 2 rings (SSSR count). The molecular formula is C25H34N2O4. The number of methoxy groups -OCH3 is 1. The monoisotopic (exact) mass is 426 g/mol. The van der Waals surface area contributed by atoms with E-state index in [-0.39, 0.29) is 11.8 Å². The summed E-state index contributed by atoms with van der Waals surface area (Å²) in [6, 6.07) is 16.9. The molecule has 0 unspecified atom stereocenters. The highest BCUT2D eigenvalue weighted by atomic mass is 16.5. The Bertz CT molecular complexity index is 793. The number of hydrogen-bond donors (Lipinski definition) is 1. The summed E-state index contributed by atoms with van der Waals surface area (Å²) in [4.78, 5) is 27.3. The van der Waals surface area contributed by atoms with Gasteiger partial charge in [-0.05, 0) is 56.0 Å². The van der Waals surface area contributed by atoms with Crippen molar-refractivity contribution in [2.24, 2.45) is 0 Å². The molecule has 2 aromatic rings. The Labute approximate surface area is 185 Å². The lowest BCUT2D eigenvalue weighted by molar-refractivity contribution is -0.140. The normalized spacial score (nSPS) is 11.5. The van der Waals surface area contributed by atoms with E-state index in [9.17, 15) is 9.59 Å². The highest BCUT2D eigenvalue weighted by molar-refractivity contribution is 5.87. The maximum absolute atomic E-state index is 13.0. The predicted molar refractivity (Wildman–Crippen MR) is 122 cm³/mol. The number of likely N-dealkylation sites (N-methyl/N-ethyl adjacent to an activating group) is 1. The van der Waals surface area contributed by atoms with Crippen molar-refractivity contribution in [3.63, 3.8) is 0 Å². The van der Waals surface area contributed by atoms with Crippen LogP contribution in [0.1, 0.15) is 38.7 Å². The fraction of sp³-hybridized carbons (Fsp3) is 0.440. The highest BCUT2D eigenvalue weighted by Crippen LogP contribution is 2.17. The Balaban J connectivity index is 1.94. The molecule has 31 heavy (non-hydrogen) atoms. The molecule has 0 aromatic heterocycles. The van der Waals surface area contributed by atoms with Gasteiger partial charge in [-0.25, -0.2) is 0 Å². The number of carbonyl (C=O) groups excluding carboxylic acids is 2. The second-order valence-electron chi connectivity index (χ2n) is 7.27. The number of hydrogen-bond acceptors (Lipinski definition) is 4. The molecule has 168 valence electrons. The largest absolute Gasteiger partial charge is 0.497 e. The third-order valence-electron chi connectivity index (χ3n) is 5.08. The second kappa shape index (κ2) is 13.3. The van der Waals surface area contributed by atoms with E-state index in [4.69, 9.17) is 9.47 Å². The topological polar surface area (TPSA) is 67.9 Å². The van der Waals surface area contributed by atoms with Crippen molar-refractivity contribution < 1.29 is 19.1 Å². The minimum Gasteiger partial charge on any atom is -0.497 e. The third kappa shape index (κ3) is 7.96. The van der Waals surface area contributed by atoms with E-state index < -0.39 is 6.04 Å². The summed E-state index contributed by atoms with van der Waals surface area (Å²) in [5, 5.41) is 2.86. The van der Waals surface area contributed by atoms with Crippen molar-refractivity contribution in [3.05, 3.63) is 60.2 Å². The predicted octanol–water partition coefficient (Wildman–Crippen LogP) is 3.84. The first kappa shape index (κ1) is 24.3. The maximum atomic E-state index is 13.0. The molecule has 0 saturated carbocycles. The minimum absolute atomic E-state index is 0.0210. The van der Waals surface area contributed by atoms with E-state index in [2.05, 4.69) is 5.32 Å². The van der Waals surface area contributed by atoms with Gasteiger partial charge in [0.1, 0.15) is 17.5 Å². The summed E-state index contributed by atoms with van der Waals surface area (Å²) in [7, 11) is 1.62. The molecule has 1 N–H and O–H groups in total. The smallest absolute Gasteiger partial charge is 0.242 e. The van der Waals surface area contributed by atoms with Gasteiger partial charge in [-0.1, -0.05) is 37.3 Å². The molecule has 0 radical (unpaired) electrons. The van der Waals surface area contributed by atoms with Crippen LogP contribution in [0, 0.1) is 0 Å². The Morgan fingerprint density at radius 1 is 1.00 bits per heavy atom. The zero-order valence-electron chi connectivity index (χ0n) is 18.8.